The molecule has 1 N–H and O–H groups in total. The van der Waals surface area contributed by atoms with Gasteiger partial charge in [0, 0.05) is 19.2 Å². The van der Waals surface area contributed by atoms with E-state index >= 15 is 0 Å². The van der Waals surface area contributed by atoms with Crippen molar-refractivity contribution in [3.8, 4) is 0 Å². The highest BCUT2D eigenvalue weighted by Crippen LogP contribution is 2.25. The summed E-state index contributed by atoms with van der Waals surface area (Å²) in [5, 5.41) is 9.14. The van der Waals surface area contributed by atoms with Crippen LogP contribution in [0.4, 0.5) is 0 Å². The lowest BCUT2D eigenvalue weighted by molar-refractivity contribution is -0.138. The molecule has 0 bridgehead atoms. The Morgan fingerprint density at radius 3 is 2.75 bits per heavy atom. The summed E-state index contributed by atoms with van der Waals surface area (Å²) in [7, 11) is 1.98. The van der Waals surface area contributed by atoms with Crippen LogP contribution in [0.2, 0.25) is 0 Å². The SMILES string of the molecule is CN(CC1CCCCO1)C(CC(=O)O)c1ccccc1. The van der Waals surface area contributed by atoms with Crippen LogP contribution >= 0.6 is 0 Å². The van der Waals surface area contributed by atoms with E-state index in [1.165, 1.54) is 6.42 Å². The molecule has 1 aliphatic rings. The molecule has 20 heavy (non-hydrogen) atoms. The highest BCUT2D eigenvalue weighted by molar-refractivity contribution is 5.67. The highest BCUT2D eigenvalue weighted by Gasteiger charge is 2.24. The van der Waals surface area contributed by atoms with Crippen LogP contribution in [-0.2, 0) is 9.53 Å². The van der Waals surface area contributed by atoms with E-state index < -0.39 is 5.97 Å². The first-order valence-electron chi connectivity index (χ1n) is 7.25. The fraction of sp³-hybridized carbons (Fsp3) is 0.562. The lowest BCUT2D eigenvalue weighted by Crippen LogP contribution is -2.36. The molecule has 1 fully saturated rings. The number of nitrogens with zero attached hydrogens (tertiary/aromatic N) is 1. The molecule has 2 unspecified atom stereocenters. The van der Waals surface area contributed by atoms with Crippen molar-refractivity contribution in [2.75, 3.05) is 20.2 Å². The maximum atomic E-state index is 11.1. The van der Waals surface area contributed by atoms with Gasteiger partial charge < -0.3 is 9.84 Å². The highest BCUT2D eigenvalue weighted by atomic mass is 16.5. The smallest absolute Gasteiger partial charge is 0.305 e. The molecule has 2 atom stereocenters. The summed E-state index contributed by atoms with van der Waals surface area (Å²) in [6, 6.07) is 9.74. The average Bonchev–Trinajstić information content (AvgIpc) is 2.46. The van der Waals surface area contributed by atoms with Crippen LogP contribution in [0, 0.1) is 0 Å². The van der Waals surface area contributed by atoms with Crippen LogP contribution in [0.1, 0.15) is 37.3 Å². The van der Waals surface area contributed by atoms with Crippen molar-refractivity contribution in [3.05, 3.63) is 35.9 Å². The van der Waals surface area contributed by atoms with Gasteiger partial charge in [0.1, 0.15) is 0 Å². The Hall–Kier alpha value is -1.39. The summed E-state index contributed by atoms with van der Waals surface area (Å²) in [5.74, 6) is -0.768. The summed E-state index contributed by atoms with van der Waals surface area (Å²) >= 11 is 0. The molecular formula is C16H23NO3. The minimum atomic E-state index is -0.768. The van der Waals surface area contributed by atoms with E-state index in [0.29, 0.717) is 0 Å². The Kier molecular flexibility index (Phi) is 5.56. The summed E-state index contributed by atoms with van der Waals surface area (Å²) < 4.78 is 5.75. The summed E-state index contributed by atoms with van der Waals surface area (Å²) in [5.41, 5.74) is 1.05. The molecule has 4 heteroatoms. The topological polar surface area (TPSA) is 49.8 Å². The monoisotopic (exact) mass is 277 g/mol. The first-order valence-corrected chi connectivity index (χ1v) is 7.25. The molecule has 0 aliphatic carbocycles. The van der Waals surface area contributed by atoms with Crippen molar-refractivity contribution >= 4 is 5.97 Å². The Morgan fingerprint density at radius 1 is 1.40 bits per heavy atom. The number of hydrogen-bond donors (Lipinski definition) is 1. The van der Waals surface area contributed by atoms with Crippen molar-refractivity contribution in [1.82, 2.24) is 4.90 Å². The first-order chi connectivity index (χ1) is 9.66. The number of benzene rings is 1. The van der Waals surface area contributed by atoms with Crippen molar-refractivity contribution in [1.29, 1.82) is 0 Å². The van der Waals surface area contributed by atoms with E-state index in [2.05, 4.69) is 4.90 Å². The van der Waals surface area contributed by atoms with E-state index in [1.807, 2.05) is 37.4 Å². The van der Waals surface area contributed by atoms with Gasteiger partial charge in [0.2, 0.25) is 0 Å². The molecule has 4 nitrogen and oxygen atoms in total. The quantitative estimate of drug-likeness (QED) is 0.868. The van der Waals surface area contributed by atoms with Crippen LogP contribution < -0.4 is 0 Å². The molecule has 1 heterocycles. The van der Waals surface area contributed by atoms with Crippen LogP contribution in [0.15, 0.2) is 30.3 Å². The van der Waals surface area contributed by atoms with Gasteiger partial charge in [-0.05, 0) is 31.9 Å². The molecule has 0 radical (unpaired) electrons. The molecular weight excluding hydrogens is 254 g/mol. The van der Waals surface area contributed by atoms with Crippen LogP contribution in [0.3, 0.4) is 0 Å². The minimum Gasteiger partial charge on any atom is -0.481 e. The maximum absolute atomic E-state index is 11.1. The van der Waals surface area contributed by atoms with Crippen molar-refractivity contribution in [2.45, 2.75) is 37.8 Å². The van der Waals surface area contributed by atoms with Gasteiger partial charge in [0.25, 0.3) is 0 Å². The lowest BCUT2D eigenvalue weighted by atomic mass is 10.0. The van der Waals surface area contributed by atoms with Gasteiger partial charge in [0.15, 0.2) is 0 Å². The standard InChI is InChI=1S/C16H23NO3/c1-17(12-14-9-5-6-10-20-14)15(11-16(18)19)13-7-3-2-4-8-13/h2-4,7-8,14-15H,5-6,9-12H2,1H3,(H,18,19). The second kappa shape index (κ2) is 7.41. The molecule has 0 saturated carbocycles. The number of hydrogen-bond acceptors (Lipinski definition) is 3. The zero-order valence-corrected chi connectivity index (χ0v) is 12.0. The number of rotatable bonds is 6. The van der Waals surface area contributed by atoms with Crippen LogP contribution in [0.25, 0.3) is 0 Å². The summed E-state index contributed by atoms with van der Waals surface area (Å²) in [6.45, 7) is 1.61. The predicted molar refractivity (Wildman–Crippen MR) is 77.7 cm³/mol. The third-order valence-corrected chi connectivity index (χ3v) is 3.85. The Labute approximate surface area is 120 Å². The minimum absolute atomic E-state index is 0.0979. The molecule has 0 amide bonds. The van der Waals surface area contributed by atoms with Gasteiger partial charge in [-0.15, -0.1) is 0 Å². The summed E-state index contributed by atoms with van der Waals surface area (Å²) in [4.78, 5) is 13.2. The fourth-order valence-corrected chi connectivity index (χ4v) is 2.77. The van der Waals surface area contributed by atoms with Gasteiger partial charge in [-0.2, -0.15) is 0 Å². The number of carbonyl (C=O) groups is 1. The largest absolute Gasteiger partial charge is 0.481 e. The summed E-state index contributed by atoms with van der Waals surface area (Å²) in [6.07, 6.45) is 3.76. The number of carboxylic acid groups (broad SMARTS) is 1. The van der Waals surface area contributed by atoms with Gasteiger partial charge in [-0.3, -0.25) is 9.69 Å². The van der Waals surface area contributed by atoms with Crippen LogP contribution in [0.5, 0.6) is 0 Å². The lowest BCUT2D eigenvalue weighted by Gasteiger charge is -2.32. The molecule has 110 valence electrons. The molecule has 2 rings (SSSR count). The van der Waals surface area contributed by atoms with E-state index in [4.69, 9.17) is 9.84 Å². The first kappa shape index (κ1) is 15.0. The van der Waals surface area contributed by atoms with Crippen molar-refractivity contribution in [3.63, 3.8) is 0 Å². The number of likely N-dealkylation sites (N-methyl/N-ethyl adjacent to an activating group) is 1. The Bertz CT molecular complexity index is 415. The van der Waals surface area contributed by atoms with Gasteiger partial charge in [0.05, 0.1) is 12.5 Å². The zero-order chi connectivity index (χ0) is 14.4. The van der Waals surface area contributed by atoms with E-state index in [0.717, 1.165) is 31.6 Å². The molecule has 1 aliphatic heterocycles. The molecule has 0 aromatic heterocycles. The van der Waals surface area contributed by atoms with Crippen LogP contribution in [-0.4, -0.2) is 42.3 Å². The van der Waals surface area contributed by atoms with Crippen molar-refractivity contribution in [2.24, 2.45) is 0 Å². The third kappa shape index (κ3) is 4.32. The molecule has 1 saturated heterocycles. The molecule has 1 aromatic carbocycles. The number of carboxylic acids is 1. The molecule has 1 aromatic rings. The van der Waals surface area contributed by atoms with Gasteiger partial charge in [-0.1, -0.05) is 30.3 Å². The second-order valence-electron chi connectivity index (χ2n) is 5.45. The molecule has 0 spiro atoms. The van der Waals surface area contributed by atoms with Gasteiger partial charge in [-0.25, -0.2) is 0 Å². The maximum Gasteiger partial charge on any atom is 0.305 e. The van der Waals surface area contributed by atoms with E-state index in [-0.39, 0.29) is 18.6 Å². The average molecular weight is 277 g/mol. The fourth-order valence-electron chi connectivity index (χ4n) is 2.77. The van der Waals surface area contributed by atoms with Crippen molar-refractivity contribution < 1.29 is 14.6 Å². The van der Waals surface area contributed by atoms with Gasteiger partial charge >= 0.3 is 5.97 Å². The zero-order valence-electron chi connectivity index (χ0n) is 12.0. The number of aliphatic carboxylic acids is 1. The van der Waals surface area contributed by atoms with E-state index in [9.17, 15) is 4.79 Å². The second-order valence-corrected chi connectivity index (χ2v) is 5.45. The predicted octanol–water partition coefficient (Wildman–Crippen LogP) is 2.70. The number of ether oxygens (including phenoxy) is 1. The third-order valence-electron chi connectivity index (χ3n) is 3.85. The normalized spacial score (nSPS) is 20.8. The Morgan fingerprint density at radius 2 is 2.15 bits per heavy atom. The Balaban J connectivity index is 2.03. The van der Waals surface area contributed by atoms with E-state index in [1.54, 1.807) is 0 Å².